The second kappa shape index (κ2) is 7.78. The normalized spacial score (nSPS) is 11.0. The molecule has 0 aliphatic heterocycles. The predicted octanol–water partition coefficient (Wildman–Crippen LogP) is 2.10. The molecule has 0 fully saturated rings. The molecule has 5 nitrogen and oxygen atoms in total. The fourth-order valence-electron chi connectivity index (χ4n) is 2.13. The standard InChI is InChI=1S/C17H20N2O3S/c1-14-6-5-7-15(12-14)13-17(20)18-10-11-23(21,22)19-16-8-3-2-4-9-16/h2-9,12,19H,10-11,13H2,1H3,(H,18,20). The highest BCUT2D eigenvalue weighted by molar-refractivity contribution is 7.92. The number of anilines is 1. The molecule has 0 saturated carbocycles. The van der Waals surface area contributed by atoms with E-state index in [4.69, 9.17) is 0 Å². The third kappa shape index (κ3) is 6.12. The van der Waals surface area contributed by atoms with Crippen molar-refractivity contribution < 1.29 is 13.2 Å². The van der Waals surface area contributed by atoms with Crippen LogP contribution in [-0.4, -0.2) is 26.6 Å². The molecule has 0 bridgehead atoms. The Morgan fingerprint density at radius 3 is 2.48 bits per heavy atom. The summed E-state index contributed by atoms with van der Waals surface area (Å²) in [4.78, 5) is 11.8. The number of amides is 1. The SMILES string of the molecule is Cc1cccc(CC(=O)NCCS(=O)(=O)Nc2ccccc2)c1. The first kappa shape index (κ1) is 17.0. The molecule has 0 aromatic heterocycles. The lowest BCUT2D eigenvalue weighted by molar-refractivity contribution is -0.120. The van der Waals surface area contributed by atoms with Crippen LogP contribution >= 0.6 is 0 Å². The van der Waals surface area contributed by atoms with E-state index in [1.165, 1.54) is 0 Å². The van der Waals surface area contributed by atoms with E-state index in [9.17, 15) is 13.2 Å². The molecule has 6 heteroatoms. The highest BCUT2D eigenvalue weighted by Crippen LogP contribution is 2.08. The van der Waals surface area contributed by atoms with Crippen molar-refractivity contribution in [1.82, 2.24) is 5.32 Å². The van der Waals surface area contributed by atoms with Gasteiger partial charge in [-0.1, -0.05) is 48.0 Å². The van der Waals surface area contributed by atoms with Crippen LogP contribution in [0.4, 0.5) is 5.69 Å². The summed E-state index contributed by atoms with van der Waals surface area (Å²) in [6.45, 7) is 2.04. The van der Waals surface area contributed by atoms with Crippen LogP contribution in [0.1, 0.15) is 11.1 Å². The molecule has 0 aliphatic carbocycles. The highest BCUT2D eigenvalue weighted by Gasteiger charge is 2.11. The summed E-state index contributed by atoms with van der Waals surface area (Å²) < 4.78 is 26.3. The average molecular weight is 332 g/mol. The summed E-state index contributed by atoms with van der Waals surface area (Å²) in [5, 5.41) is 2.63. The lowest BCUT2D eigenvalue weighted by Gasteiger charge is -2.09. The number of carbonyl (C=O) groups is 1. The van der Waals surface area contributed by atoms with Crippen molar-refractivity contribution in [1.29, 1.82) is 0 Å². The number of carbonyl (C=O) groups excluding carboxylic acids is 1. The minimum Gasteiger partial charge on any atom is -0.355 e. The minimum absolute atomic E-state index is 0.0762. The van der Waals surface area contributed by atoms with Gasteiger partial charge in [0, 0.05) is 12.2 Å². The molecule has 0 saturated heterocycles. The van der Waals surface area contributed by atoms with Crippen molar-refractivity contribution in [2.45, 2.75) is 13.3 Å². The van der Waals surface area contributed by atoms with Crippen LogP contribution in [-0.2, 0) is 21.2 Å². The summed E-state index contributed by atoms with van der Waals surface area (Å²) >= 11 is 0. The van der Waals surface area contributed by atoms with Crippen LogP contribution in [0.5, 0.6) is 0 Å². The predicted molar refractivity (Wildman–Crippen MR) is 91.7 cm³/mol. The molecule has 2 rings (SSSR count). The number of para-hydroxylation sites is 1. The third-order valence-corrected chi connectivity index (χ3v) is 4.48. The molecule has 1 amide bonds. The topological polar surface area (TPSA) is 75.3 Å². The average Bonchev–Trinajstić information content (AvgIpc) is 2.47. The van der Waals surface area contributed by atoms with Gasteiger partial charge in [-0.25, -0.2) is 8.42 Å². The van der Waals surface area contributed by atoms with E-state index in [1.54, 1.807) is 24.3 Å². The maximum atomic E-state index is 11.9. The number of rotatable bonds is 7. The molecule has 0 unspecified atom stereocenters. The maximum Gasteiger partial charge on any atom is 0.234 e. The van der Waals surface area contributed by atoms with Crippen LogP contribution in [0.25, 0.3) is 0 Å². The zero-order valence-corrected chi connectivity index (χ0v) is 13.8. The summed E-state index contributed by atoms with van der Waals surface area (Å²) in [5.41, 5.74) is 2.51. The lowest BCUT2D eigenvalue weighted by atomic mass is 10.1. The fourth-order valence-corrected chi connectivity index (χ4v) is 3.10. The van der Waals surface area contributed by atoms with Crippen LogP contribution in [0.2, 0.25) is 0 Å². The minimum atomic E-state index is -3.47. The van der Waals surface area contributed by atoms with Crippen molar-refractivity contribution in [3.05, 3.63) is 65.7 Å². The number of hydrogen-bond donors (Lipinski definition) is 2. The molecule has 2 N–H and O–H groups in total. The highest BCUT2D eigenvalue weighted by atomic mass is 32.2. The maximum absolute atomic E-state index is 11.9. The molecule has 23 heavy (non-hydrogen) atoms. The number of aryl methyl sites for hydroxylation is 1. The van der Waals surface area contributed by atoms with Crippen molar-refractivity contribution in [2.24, 2.45) is 0 Å². The second-order valence-electron chi connectivity index (χ2n) is 5.30. The van der Waals surface area contributed by atoms with Crippen LogP contribution in [0.3, 0.4) is 0 Å². The Morgan fingerprint density at radius 1 is 1.04 bits per heavy atom. The smallest absolute Gasteiger partial charge is 0.234 e. The zero-order valence-electron chi connectivity index (χ0n) is 13.0. The van der Waals surface area contributed by atoms with Crippen LogP contribution in [0.15, 0.2) is 54.6 Å². The molecule has 0 spiro atoms. The van der Waals surface area contributed by atoms with Gasteiger partial charge in [0.05, 0.1) is 12.2 Å². The van der Waals surface area contributed by atoms with Gasteiger partial charge in [-0.2, -0.15) is 0 Å². The fraction of sp³-hybridized carbons (Fsp3) is 0.235. The van der Waals surface area contributed by atoms with E-state index in [-0.39, 0.29) is 24.6 Å². The van der Waals surface area contributed by atoms with Crippen molar-refractivity contribution in [2.75, 3.05) is 17.0 Å². The van der Waals surface area contributed by atoms with Gasteiger partial charge >= 0.3 is 0 Å². The number of benzene rings is 2. The Bertz CT molecular complexity index is 758. The zero-order chi connectivity index (χ0) is 16.7. The molecule has 0 atom stereocenters. The van der Waals surface area contributed by atoms with E-state index in [2.05, 4.69) is 10.0 Å². The Labute approximate surface area is 136 Å². The summed E-state index contributed by atoms with van der Waals surface area (Å²) in [6.07, 6.45) is 0.244. The van der Waals surface area contributed by atoms with E-state index < -0.39 is 10.0 Å². The van der Waals surface area contributed by atoms with Crippen molar-refractivity contribution in [3.8, 4) is 0 Å². The molecule has 2 aromatic rings. The molecular weight excluding hydrogens is 312 g/mol. The van der Waals surface area contributed by atoms with Crippen molar-refractivity contribution >= 4 is 21.6 Å². The molecule has 0 heterocycles. The van der Waals surface area contributed by atoms with E-state index >= 15 is 0 Å². The summed E-state index contributed by atoms with van der Waals surface area (Å²) in [5.74, 6) is -0.355. The Balaban J connectivity index is 1.78. The number of hydrogen-bond acceptors (Lipinski definition) is 3. The van der Waals surface area contributed by atoms with Crippen molar-refractivity contribution in [3.63, 3.8) is 0 Å². The van der Waals surface area contributed by atoms with Crippen LogP contribution in [0, 0.1) is 6.92 Å². The molecule has 122 valence electrons. The monoisotopic (exact) mass is 332 g/mol. The Kier molecular flexibility index (Phi) is 5.76. The third-order valence-electron chi connectivity index (χ3n) is 3.19. The van der Waals surface area contributed by atoms with Gasteiger partial charge in [0.1, 0.15) is 0 Å². The molecule has 0 radical (unpaired) electrons. The molecule has 0 aliphatic rings. The number of nitrogens with one attached hydrogen (secondary N) is 2. The number of sulfonamides is 1. The summed E-state index contributed by atoms with van der Waals surface area (Å²) in [7, 11) is -3.47. The van der Waals surface area contributed by atoms with Gasteiger partial charge in [-0.15, -0.1) is 0 Å². The second-order valence-corrected chi connectivity index (χ2v) is 7.14. The lowest BCUT2D eigenvalue weighted by Crippen LogP contribution is -2.32. The molecule has 2 aromatic carbocycles. The van der Waals surface area contributed by atoms with Gasteiger partial charge in [0.25, 0.3) is 0 Å². The van der Waals surface area contributed by atoms with Gasteiger partial charge in [-0.05, 0) is 24.6 Å². The van der Waals surface area contributed by atoms with Gasteiger partial charge < -0.3 is 5.32 Å². The van der Waals surface area contributed by atoms with E-state index in [1.807, 2.05) is 37.3 Å². The van der Waals surface area contributed by atoms with Gasteiger partial charge in [-0.3, -0.25) is 9.52 Å². The molecular formula is C17H20N2O3S. The first-order valence-corrected chi connectivity index (χ1v) is 8.98. The van der Waals surface area contributed by atoms with Crippen LogP contribution < -0.4 is 10.0 Å². The first-order chi connectivity index (χ1) is 10.9. The van der Waals surface area contributed by atoms with E-state index in [0.717, 1.165) is 11.1 Å². The quantitative estimate of drug-likeness (QED) is 0.815. The first-order valence-electron chi connectivity index (χ1n) is 7.32. The largest absolute Gasteiger partial charge is 0.355 e. The summed E-state index contributed by atoms with van der Waals surface area (Å²) in [6, 6.07) is 16.3. The Hall–Kier alpha value is -2.34. The van der Waals surface area contributed by atoms with Gasteiger partial charge in [0.15, 0.2) is 0 Å². The van der Waals surface area contributed by atoms with E-state index in [0.29, 0.717) is 5.69 Å². The Morgan fingerprint density at radius 2 is 1.78 bits per heavy atom. The van der Waals surface area contributed by atoms with Gasteiger partial charge in [0.2, 0.25) is 15.9 Å².